The molecule has 0 radical (unpaired) electrons. The minimum absolute atomic E-state index is 0.00102. The molecule has 1 atom stereocenters. The van der Waals surface area contributed by atoms with Gasteiger partial charge in [0.05, 0.1) is 13.0 Å². The van der Waals surface area contributed by atoms with Crippen molar-refractivity contribution in [3.8, 4) is 0 Å². The van der Waals surface area contributed by atoms with Gasteiger partial charge in [-0.2, -0.15) is 0 Å². The van der Waals surface area contributed by atoms with Crippen molar-refractivity contribution < 1.29 is 19.4 Å². The van der Waals surface area contributed by atoms with E-state index in [4.69, 9.17) is 5.11 Å². The van der Waals surface area contributed by atoms with Gasteiger partial charge in [0.1, 0.15) is 0 Å². The number of cyclic esters (lactones) is 1. The molecule has 1 aliphatic rings. The molecule has 12 heavy (non-hydrogen) atoms. The van der Waals surface area contributed by atoms with Gasteiger partial charge in [-0.25, -0.2) is 4.79 Å². The molecule has 1 unspecified atom stereocenters. The van der Waals surface area contributed by atoms with Crippen LogP contribution in [0.3, 0.4) is 0 Å². The average Bonchev–Trinajstić information content (AvgIpc) is 2.35. The van der Waals surface area contributed by atoms with Crippen molar-refractivity contribution in [2.45, 2.75) is 12.8 Å². The standard InChI is InChI=1S/C8H10O4/c1-5(8(10)11)2-6-3-7(9)12-4-6/h6H,1-4H2,(H,10,11). The second kappa shape index (κ2) is 3.38. The van der Waals surface area contributed by atoms with Crippen LogP contribution in [0.2, 0.25) is 0 Å². The first-order valence-electron chi connectivity index (χ1n) is 3.66. The Hall–Kier alpha value is -1.32. The molecule has 0 amide bonds. The minimum Gasteiger partial charge on any atom is -0.478 e. The molecule has 0 aliphatic carbocycles. The molecule has 0 aromatic heterocycles. The van der Waals surface area contributed by atoms with Crippen LogP contribution in [0, 0.1) is 5.92 Å². The first kappa shape index (κ1) is 8.77. The monoisotopic (exact) mass is 170 g/mol. The Labute approximate surface area is 69.8 Å². The summed E-state index contributed by atoms with van der Waals surface area (Å²) in [5.74, 6) is -1.26. The number of hydrogen-bond donors (Lipinski definition) is 1. The summed E-state index contributed by atoms with van der Waals surface area (Å²) in [7, 11) is 0. The van der Waals surface area contributed by atoms with E-state index < -0.39 is 5.97 Å². The fourth-order valence-electron chi connectivity index (χ4n) is 1.13. The van der Waals surface area contributed by atoms with Crippen molar-refractivity contribution in [1.82, 2.24) is 0 Å². The summed E-state index contributed by atoms with van der Waals surface area (Å²) in [6, 6.07) is 0. The Morgan fingerprint density at radius 2 is 2.42 bits per heavy atom. The third-order valence-electron chi connectivity index (χ3n) is 1.77. The molecule has 1 aliphatic heterocycles. The maximum atomic E-state index is 10.6. The fraction of sp³-hybridized carbons (Fsp3) is 0.500. The summed E-state index contributed by atoms with van der Waals surface area (Å²) in [6.07, 6.45) is 0.646. The summed E-state index contributed by atoms with van der Waals surface area (Å²) in [5, 5.41) is 8.48. The third-order valence-corrected chi connectivity index (χ3v) is 1.77. The molecule has 1 rings (SSSR count). The van der Waals surface area contributed by atoms with Gasteiger partial charge in [0.15, 0.2) is 0 Å². The van der Waals surface area contributed by atoms with Gasteiger partial charge in [0.25, 0.3) is 0 Å². The van der Waals surface area contributed by atoms with Crippen LogP contribution in [-0.2, 0) is 14.3 Å². The van der Waals surface area contributed by atoms with Crippen molar-refractivity contribution in [1.29, 1.82) is 0 Å². The van der Waals surface area contributed by atoms with Crippen molar-refractivity contribution in [2.24, 2.45) is 5.92 Å². The summed E-state index contributed by atoms with van der Waals surface area (Å²) >= 11 is 0. The van der Waals surface area contributed by atoms with E-state index in [1.807, 2.05) is 0 Å². The Balaban J connectivity index is 2.37. The van der Waals surface area contributed by atoms with Gasteiger partial charge in [-0.15, -0.1) is 0 Å². The van der Waals surface area contributed by atoms with Crippen molar-refractivity contribution in [3.63, 3.8) is 0 Å². The zero-order valence-corrected chi connectivity index (χ0v) is 6.58. The largest absolute Gasteiger partial charge is 0.478 e. The van der Waals surface area contributed by atoms with Crippen LogP contribution in [0.25, 0.3) is 0 Å². The molecule has 4 heteroatoms. The van der Waals surface area contributed by atoms with Crippen LogP contribution in [0.5, 0.6) is 0 Å². The van der Waals surface area contributed by atoms with Crippen LogP contribution in [0.15, 0.2) is 12.2 Å². The topological polar surface area (TPSA) is 63.6 Å². The van der Waals surface area contributed by atoms with Crippen molar-refractivity contribution in [3.05, 3.63) is 12.2 Å². The lowest BCUT2D eigenvalue weighted by molar-refractivity contribution is -0.138. The van der Waals surface area contributed by atoms with E-state index in [-0.39, 0.29) is 17.5 Å². The maximum absolute atomic E-state index is 10.6. The number of aliphatic carboxylic acids is 1. The lowest BCUT2D eigenvalue weighted by atomic mass is 10.00. The Morgan fingerprint density at radius 3 is 2.83 bits per heavy atom. The molecule has 66 valence electrons. The Kier molecular flexibility index (Phi) is 2.47. The van der Waals surface area contributed by atoms with Crippen LogP contribution in [0.1, 0.15) is 12.8 Å². The second-order valence-electron chi connectivity index (χ2n) is 2.87. The van der Waals surface area contributed by atoms with Crippen LogP contribution in [0.4, 0.5) is 0 Å². The maximum Gasteiger partial charge on any atom is 0.330 e. The lowest BCUT2D eigenvalue weighted by Gasteiger charge is -2.03. The second-order valence-corrected chi connectivity index (χ2v) is 2.87. The number of carbonyl (C=O) groups excluding carboxylic acids is 1. The van der Waals surface area contributed by atoms with Gasteiger partial charge < -0.3 is 9.84 Å². The fourth-order valence-corrected chi connectivity index (χ4v) is 1.13. The average molecular weight is 170 g/mol. The quantitative estimate of drug-likeness (QED) is 0.497. The predicted octanol–water partition coefficient (Wildman–Crippen LogP) is 0.580. The first-order valence-corrected chi connectivity index (χ1v) is 3.66. The van der Waals surface area contributed by atoms with E-state index in [2.05, 4.69) is 11.3 Å². The zero-order chi connectivity index (χ0) is 9.14. The molecule has 1 fully saturated rings. The number of carbonyl (C=O) groups is 2. The van der Waals surface area contributed by atoms with E-state index in [9.17, 15) is 9.59 Å². The summed E-state index contributed by atoms with van der Waals surface area (Å²) < 4.78 is 4.67. The molecule has 0 aromatic carbocycles. The van der Waals surface area contributed by atoms with Gasteiger partial charge in [0.2, 0.25) is 0 Å². The number of carboxylic acids is 1. The molecule has 1 heterocycles. The highest BCUT2D eigenvalue weighted by Gasteiger charge is 2.25. The van der Waals surface area contributed by atoms with E-state index in [0.29, 0.717) is 19.4 Å². The normalized spacial score (nSPS) is 22.0. The van der Waals surface area contributed by atoms with Gasteiger partial charge in [0, 0.05) is 11.5 Å². The summed E-state index contributed by atoms with van der Waals surface area (Å²) in [6.45, 7) is 3.70. The molecule has 0 saturated carbocycles. The lowest BCUT2D eigenvalue weighted by Crippen LogP contribution is -2.06. The van der Waals surface area contributed by atoms with Gasteiger partial charge >= 0.3 is 11.9 Å². The summed E-state index contributed by atoms with van der Waals surface area (Å²) in [4.78, 5) is 20.9. The van der Waals surface area contributed by atoms with E-state index in [1.54, 1.807) is 0 Å². The number of carboxylic acid groups (broad SMARTS) is 1. The molecule has 1 N–H and O–H groups in total. The number of esters is 1. The highest BCUT2D eigenvalue weighted by Crippen LogP contribution is 2.20. The molecular weight excluding hydrogens is 160 g/mol. The smallest absolute Gasteiger partial charge is 0.330 e. The molecule has 0 bridgehead atoms. The van der Waals surface area contributed by atoms with Gasteiger partial charge in [-0.1, -0.05) is 6.58 Å². The van der Waals surface area contributed by atoms with E-state index in [0.717, 1.165) is 0 Å². The molecule has 0 spiro atoms. The molecular formula is C8H10O4. The Morgan fingerprint density at radius 1 is 1.75 bits per heavy atom. The van der Waals surface area contributed by atoms with Crippen LogP contribution >= 0.6 is 0 Å². The first-order chi connectivity index (χ1) is 5.59. The third kappa shape index (κ3) is 2.08. The van der Waals surface area contributed by atoms with E-state index in [1.165, 1.54) is 0 Å². The number of rotatable bonds is 3. The Bertz CT molecular complexity index is 231. The van der Waals surface area contributed by atoms with Gasteiger partial charge in [-0.3, -0.25) is 4.79 Å². The predicted molar refractivity (Wildman–Crippen MR) is 40.5 cm³/mol. The zero-order valence-electron chi connectivity index (χ0n) is 6.58. The SMILES string of the molecule is C=C(CC1COC(=O)C1)C(=O)O. The van der Waals surface area contributed by atoms with E-state index >= 15 is 0 Å². The van der Waals surface area contributed by atoms with Gasteiger partial charge in [-0.05, 0) is 6.42 Å². The number of hydrogen-bond acceptors (Lipinski definition) is 3. The van der Waals surface area contributed by atoms with Crippen molar-refractivity contribution in [2.75, 3.05) is 6.61 Å². The highest BCUT2D eigenvalue weighted by molar-refractivity contribution is 5.86. The molecule has 1 saturated heterocycles. The highest BCUT2D eigenvalue weighted by atomic mass is 16.5. The molecule has 0 aromatic rings. The summed E-state index contributed by atoms with van der Waals surface area (Å²) in [5.41, 5.74) is 0.137. The minimum atomic E-state index is -1.01. The van der Waals surface area contributed by atoms with Crippen LogP contribution < -0.4 is 0 Å². The molecule has 4 nitrogen and oxygen atoms in total. The van der Waals surface area contributed by atoms with Crippen molar-refractivity contribution >= 4 is 11.9 Å². The number of ether oxygens (including phenoxy) is 1. The van der Waals surface area contributed by atoms with Crippen LogP contribution in [-0.4, -0.2) is 23.7 Å².